The van der Waals surface area contributed by atoms with Crippen molar-refractivity contribution in [3.8, 4) is 0 Å². The van der Waals surface area contributed by atoms with Gasteiger partial charge in [-0.05, 0) is 30.0 Å². The zero-order chi connectivity index (χ0) is 12.3. The van der Waals surface area contributed by atoms with Gasteiger partial charge in [0, 0.05) is 5.39 Å². The topological polar surface area (TPSA) is 50.9 Å². The van der Waals surface area contributed by atoms with E-state index in [-0.39, 0.29) is 0 Å². The molecule has 0 spiro atoms. The molecule has 0 aliphatic heterocycles. The quantitative estimate of drug-likeness (QED) is 0.626. The van der Waals surface area contributed by atoms with Gasteiger partial charge in [-0.25, -0.2) is 10.8 Å². The number of aromatic nitrogens is 1. The second kappa shape index (κ2) is 5.15. The van der Waals surface area contributed by atoms with Crippen molar-refractivity contribution < 1.29 is 0 Å². The van der Waals surface area contributed by atoms with Crippen LogP contribution in [0.25, 0.3) is 10.9 Å². The molecule has 0 radical (unpaired) electrons. The Morgan fingerprint density at radius 1 is 1.24 bits per heavy atom. The number of para-hydroxylation sites is 1. The normalized spacial score (nSPS) is 10.8. The summed E-state index contributed by atoms with van der Waals surface area (Å²) in [5.74, 6) is 6.36. The summed E-state index contributed by atoms with van der Waals surface area (Å²) in [4.78, 5) is 4.65. The van der Waals surface area contributed by atoms with Gasteiger partial charge in [-0.15, -0.1) is 0 Å². The lowest BCUT2D eigenvalue weighted by atomic mass is 10.0. The Hall–Kier alpha value is -1.61. The van der Waals surface area contributed by atoms with Crippen LogP contribution in [-0.4, -0.2) is 4.98 Å². The van der Waals surface area contributed by atoms with Gasteiger partial charge in [0.15, 0.2) is 0 Å². The average Bonchev–Trinajstić information content (AvgIpc) is 2.37. The summed E-state index contributed by atoms with van der Waals surface area (Å²) >= 11 is 0. The number of anilines is 1. The van der Waals surface area contributed by atoms with Gasteiger partial charge in [-0.3, -0.25) is 0 Å². The Balaban J connectivity index is 2.64. The van der Waals surface area contributed by atoms with E-state index in [1.54, 1.807) is 0 Å². The molecule has 0 aliphatic carbocycles. The van der Waals surface area contributed by atoms with E-state index in [1.807, 2.05) is 0 Å². The predicted octanol–water partition coefficient (Wildman–Crippen LogP) is 3.04. The first-order valence-electron chi connectivity index (χ1n) is 6.18. The lowest BCUT2D eigenvalue weighted by Crippen LogP contribution is -2.11. The van der Waals surface area contributed by atoms with Crippen LogP contribution in [-0.2, 0) is 12.8 Å². The van der Waals surface area contributed by atoms with Crippen molar-refractivity contribution >= 4 is 16.7 Å². The second-order valence-corrected chi connectivity index (χ2v) is 4.23. The largest absolute Gasteiger partial charge is 0.308 e. The van der Waals surface area contributed by atoms with Crippen LogP contribution in [0.4, 0.5) is 5.82 Å². The summed E-state index contributed by atoms with van der Waals surface area (Å²) in [5, 5.41) is 1.20. The van der Waals surface area contributed by atoms with Gasteiger partial charge in [0.2, 0.25) is 0 Å². The van der Waals surface area contributed by atoms with Gasteiger partial charge in [0.1, 0.15) is 5.82 Å². The summed E-state index contributed by atoms with van der Waals surface area (Å²) in [7, 11) is 0. The number of hydrogen-bond donors (Lipinski definition) is 2. The number of benzene rings is 1. The number of nitrogens with zero attached hydrogens (tertiary/aromatic N) is 1. The molecule has 0 saturated heterocycles. The number of fused-ring (bicyclic) bond motifs is 1. The van der Waals surface area contributed by atoms with Gasteiger partial charge >= 0.3 is 0 Å². The van der Waals surface area contributed by atoms with Crippen LogP contribution in [0.2, 0.25) is 0 Å². The smallest absolute Gasteiger partial charge is 0.143 e. The molecule has 0 saturated carbocycles. The van der Waals surface area contributed by atoms with Crippen LogP contribution in [0.5, 0.6) is 0 Å². The molecular weight excluding hydrogens is 210 g/mol. The molecule has 3 N–H and O–H groups in total. The Morgan fingerprint density at radius 2 is 2.06 bits per heavy atom. The van der Waals surface area contributed by atoms with E-state index < -0.39 is 0 Å². The van der Waals surface area contributed by atoms with E-state index in [0.717, 1.165) is 30.6 Å². The van der Waals surface area contributed by atoms with Gasteiger partial charge in [0.05, 0.1) is 5.52 Å². The van der Waals surface area contributed by atoms with Gasteiger partial charge < -0.3 is 5.43 Å². The molecule has 3 heteroatoms. The lowest BCUT2D eigenvalue weighted by Gasteiger charge is -2.11. The molecule has 90 valence electrons. The van der Waals surface area contributed by atoms with Crippen LogP contribution >= 0.6 is 0 Å². The van der Waals surface area contributed by atoms with E-state index in [9.17, 15) is 0 Å². The molecule has 0 bridgehead atoms. The lowest BCUT2D eigenvalue weighted by molar-refractivity contribution is 0.916. The van der Waals surface area contributed by atoms with Crippen molar-refractivity contribution in [3.63, 3.8) is 0 Å². The van der Waals surface area contributed by atoms with Crippen molar-refractivity contribution in [2.24, 2.45) is 5.84 Å². The van der Waals surface area contributed by atoms with E-state index in [2.05, 4.69) is 48.5 Å². The van der Waals surface area contributed by atoms with Crippen molar-refractivity contribution in [3.05, 3.63) is 35.4 Å². The fourth-order valence-electron chi connectivity index (χ4n) is 2.17. The van der Waals surface area contributed by atoms with Crippen molar-refractivity contribution in [1.82, 2.24) is 4.98 Å². The molecule has 17 heavy (non-hydrogen) atoms. The van der Waals surface area contributed by atoms with Crippen LogP contribution in [0.1, 0.15) is 31.4 Å². The van der Waals surface area contributed by atoms with Crippen molar-refractivity contribution in [1.29, 1.82) is 0 Å². The number of aryl methyl sites for hydroxylation is 2. The Bertz CT molecular complexity index is 520. The number of rotatable bonds is 4. The molecule has 2 aromatic rings. The fraction of sp³-hybridized carbons (Fsp3) is 0.357. The van der Waals surface area contributed by atoms with Gasteiger partial charge in [-0.1, -0.05) is 38.5 Å². The van der Waals surface area contributed by atoms with Gasteiger partial charge in [0.25, 0.3) is 0 Å². The number of nitrogens with one attached hydrogen (secondary N) is 1. The fourth-order valence-corrected chi connectivity index (χ4v) is 2.17. The highest BCUT2D eigenvalue weighted by Crippen LogP contribution is 2.24. The maximum absolute atomic E-state index is 5.55. The van der Waals surface area contributed by atoms with E-state index >= 15 is 0 Å². The first-order valence-corrected chi connectivity index (χ1v) is 6.18. The van der Waals surface area contributed by atoms with Crippen LogP contribution < -0.4 is 11.3 Å². The maximum atomic E-state index is 5.55. The van der Waals surface area contributed by atoms with E-state index in [0.29, 0.717) is 0 Å². The molecule has 0 fully saturated rings. The molecule has 2 rings (SSSR count). The zero-order valence-corrected chi connectivity index (χ0v) is 10.5. The third-order valence-corrected chi connectivity index (χ3v) is 3.05. The maximum Gasteiger partial charge on any atom is 0.143 e. The summed E-state index contributed by atoms with van der Waals surface area (Å²) < 4.78 is 0. The first-order chi connectivity index (χ1) is 8.30. The highest BCUT2D eigenvalue weighted by atomic mass is 15.2. The average molecular weight is 229 g/mol. The Kier molecular flexibility index (Phi) is 3.59. The molecule has 0 aliphatic rings. The van der Waals surface area contributed by atoms with Crippen LogP contribution in [0.15, 0.2) is 24.3 Å². The molecule has 1 aromatic heterocycles. The summed E-state index contributed by atoms with van der Waals surface area (Å²) in [5.41, 5.74) is 6.23. The third kappa shape index (κ3) is 2.24. The van der Waals surface area contributed by atoms with Crippen LogP contribution in [0, 0.1) is 0 Å². The number of hydrogen-bond acceptors (Lipinski definition) is 3. The van der Waals surface area contributed by atoms with Crippen molar-refractivity contribution in [2.75, 3.05) is 5.43 Å². The van der Waals surface area contributed by atoms with Gasteiger partial charge in [-0.2, -0.15) is 0 Å². The Labute approximate surface area is 102 Å². The third-order valence-electron chi connectivity index (χ3n) is 3.05. The number of nitrogen functional groups attached to an aromatic ring is 1. The molecule has 0 amide bonds. The highest BCUT2D eigenvalue weighted by Gasteiger charge is 2.07. The standard InChI is InChI=1S/C14H19N3/c1-3-6-12-9-11-8-5-7-10(4-2)13(11)16-14(12)17-15/h5,7-9H,3-4,6,15H2,1-2H3,(H,16,17). The summed E-state index contributed by atoms with van der Waals surface area (Å²) in [6, 6.07) is 8.52. The molecule has 1 heterocycles. The summed E-state index contributed by atoms with van der Waals surface area (Å²) in [6.07, 6.45) is 3.08. The van der Waals surface area contributed by atoms with Crippen LogP contribution in [0.3, 0.4) is 0 Å². The van der Waals surface area contributed by atoms with E-state index in [1.165, 1.54) is 16.5 Å². The highest BCUT2D eigenvalue weighted by molar-refractivity contribution is 5.84. The minimum Gasteiger partial charge on any atom is -0.308 e. The monoisotopic (exact) mass is 229 g/mol. The minimum atomic E-state index is 0.806. The number of hydrazine groups is 1. The minimum absolute atomic E-state index is 0.806. The number of nitrogens with two attached hydrogens (primary N) is 1. The SMILES string of the molecule is CCCc1cc2cccc(CC)c2nc1NN. The molecule has 3 nitrogen and oxygen atoms in total. The molecule has 1 aromatic carbocycles. The molecule has 0 unspecified atom stereocenters. The molecule has 0 atom stereocenters. The second-order valence-electron chi connectivity index (χ2n) is 4.23. The van der Waals surface area contributed by atoms with E-state index in [4.69, 9.17) is 5.84 Å². The zero-order valence-electron chi connectivity index (χ0n) is 10.5. The predicted molar refractivity (Wildman–Crippen MR) is 72.9 cm³/mol. The van der Waals surface area contributed by atoms with Crippen molar-refractivity contribution in [2.45, 2.75) is 33.1 Å². The Morgan fingerprint density at radius 3 is 2.71 bits per heavy atom. The summed E-state index contributed by atoms with van der Waals surface area (Å²) in [6.45, 7) is 4.30. The molecular formula is C14H19N3. The first kappa shape index (κ1) is 11.9. The number of pyridine rings is 1.